The van der Waals surface area contributed by atoms with Crippen molar-refractivity contribution >= 4 is 23.2 Å². The molecule has 1 saturated carbocycles. The normalized spacial score (nSPS) is 18.5. The Hall–Kier alpha value is -3.14. The maximum atomic E-state index is 14.3. The van der Waals surface area contributed by atoms with Crippen LogP contribution in [0.3, 0.4) is 0 Å². The lowest BCUT2D eigenvalue weighted by Gasteiger charge is -2.41. The number of alkyl carbamates (subject to hydrolysis) is 1. The summed E-state index contributed by atoms with van der Waals surface area (Å²) in [4.78, 5) is 21.7. The summed E-state index contributed by atoms with van der Waals surface area (Å²) in [6.45, 7) is 0.557. The van der Waals surface area contributed by atoms with Gasteiger partial charge in [0.2, 0.25) is 0 Å². The van der Waals surface area contributed by atoms with E-state index in [0.717, 1.165) is 47.7 Å². The Labute approximate surface area is 188 Å². The summed E-state index contributed by atoms with van der Waals surface area (Å²) in [6.07, 6.45) is 5.71. The van der Waals surface area contributed by atoms with Gasteiger partial charge in [-0.3, -0.25) is 4.98 Å². The number of rotatable bonds is 6. The third kappa shape index (κ3) is 3.79. The second-order valence-corrected chi connectivity index (χ2v) is 9.26. The molecule has 1 amide bonds. The molecular weight excluding hydrogens is 431 g/mol. The number of methoxy groups -OCH3 is 1. The van der Waals surface area contributed by atoms with Crippen LogP contribution in [-0.2, 0) is 16.6 Å². The molecule has 0 saturated heterocycles. The molecule has 3 aromatic rings. The third-order valence-electron chi connectivity index (χ3n) is 6.26. The Morgan fingerprint density at radius 3 is 2.88 bits per heavy atom. The van der Waals surface area contributed by atoms with Crippen molar-refractivity contribution in [1.82, 2.24) is 25.5 Å². The van der Waals surface area contributed by atoms with Gasteiger partial charge in [-0.05, 0) is 49.9 Å². The van der Waals surface area contributed by atoms with Gasteiger partial charge in [0, 0.05) is 23.0 Å². The number of thiazole rings is 1. The molecule has 32 heavy (non-hydrogen) atoms. The van der Waals surface area contributed by atoms with E-state index in [-0.39, 0.29) is 17.3 Å². The van der Waals surface area contributed by atoms with Crippen molar-refractivity contribution in [1.29, 1.82) is 0 Å². The van der Waals surface area contributed by atoms with Crippen LogP contribution in [0.1, 0.15) is 48.0 Å². The first-order chi connectivity index (χ1) is 15.6. The molecule has 8 nitrogen and oxygen atoms in total. The molecule has 0 aliphatic heterocycles. The van der Waals surface area contributed by atoms with E-state index in [2.05, 4.69) is 25.8 Å². The smallest absolute Gasteiger partial charge is 0.407 e. The van der Waals surface area contributed by atoms with Crippen LogP contribution >= 0.6 is 11.3 Å². The van der Waals surface area contributed by atoms with E-state index in [1.54, 1.807) is 23.6 Å². The van der Waals surface area contributed by atoms with Gasteiger partial charge in [-0.25, -0.2) is 14.2 Å². The maximum absolute atomic E-state index is 14.3. The lowest BCUT2D eigenvalue weighted by molar-refractivity contribution is 0.166. The number of fused-ring (bicyclic) bond motifs is 1. The SMILES string of the molecule is COC(=O)NC1CCc2sc(-c3ccc(NCC4(c5ncccc5F)CCC4)nn3)nc21. The molecule has 2 N–H and O–H groups in total. The van der Waals surface area contributed by atoms with E-state index in [1.165, 1.54) is 13.2 Å². The van der Waals surface area contributed by atoms with Gasteiger partial charge in [0.1, 0.15) is 22.3 Å². The van der Waals surface area contributed by atoms with E-state index in [9.17, 15) is 9.18 Å². The third-order valence-corrected chi connectivity index (χ3v) is 7.41. The molecule has 3 heterocycles. The van der Waals surface area contributed by atoms with E-state index in [4.69, 9.17) is 9.72 Å². The summed E-state index contributed by atoms with van der Waals surface area (Å²) in [5.41, 5.74) is 1.78. The van der Waals surface area contributed by atoms with Gasteiger partial charge < -0.3 is 15.4 Å². The number of hydrogen-bond acceptors (Lipinski definition) is 8. The highest BCUT2D eigenvalue weighted by molar-refractivity contribution is 7.15. The van der Waals surface area contributed by atoms with Crippen LogP contribution in [0.15, 0.2) is 30.5 Å². The molecule has 3 aromatic heterocycles. The first kappa shape index (κ1) is 20.7. The topological polar surface area (TPSA) is 102 Å². The minimum absolute atomic E-state index is 0.137. The predicted molar refractivity (Wildman–Crippen MR) is 118 cm³/mol. The lowest BCUT2D eigenvalue weighted by Crippen LogP contribution is -2.42. The summed E-state index contributed by atoms with van der Waals surface area (Å²) in [5, 5.41) is 15.5. The van der Waals surface area contributed by atoms with Crippen LogP contribution in [0, 0.1) is 5.82 Å². The Kier molecular flexibility index (Phi) is 5.46. The van der Waals surface area contributed by atoms with Gasteiger partial charge in [-0.15, -0.1) is 21.5 Å². The highest BCUT2D eigenvalue weighted by Gasteiger charge is 2.41. The van der Waals surface area contributed by atoms with Crippen molar-refractivity contribution in [2.75, 3.05) is 19.0 Å². The second-order valence-electron chi connectivity index (χ2n) is 8.18. The van der Waals surface area contributed by atoms with Gasteiger partial charge in [0.25, 0.3) is 0 Å². The quantitative estimate of drug-likeness (QED) is 0.580. The number of aryl methyl sites for hydroxylation is 1. The molecule has 0 radical (unpaired) electrons. The minimum Gasteiger partial charge on any atom is -0.453 e. The molecule has 166 valence electrons. The molecule has 5 rings (SSSR count). The molecule has 1 unspecified atom stereocenters. The van der Waals surface area contributed by atoms with Crippen molar-refractivity contribution in [2.45, 2.75) is 43.6 Å². The molecule has 1 fully saturated rings. The number of pyridine rings is 1. The number of carbonyl (C=O) groups is 1. The van der Waals surface area contributed by atoms with Crippen LogP contribution < -0.4 is 10.6 Å². The minimum atomic E-state index is -0.456. The molecule has 10 heteroatoms. The molecule has 1 atom stereocenters. The lowest BCUT2D eigenvalue weighted by atomic mass is 9.66. The summed E-state index contributed by atoms with van der Waals surface area (Å²) < 4.78 is 19.0. The van der Waals surface area contributed by atoms with Gasteiger partial charge >= 0.3 is 6.09 Å². The van der Waals surface area contributed by atoms with E-state index in [0.29, 0.717) is 23.8 Å². The number of nitrogens with one attached hydrogen (secondary N) is 2. The number of aromatic nitrogens is 4. The van der Waals surface area contributed by atoms with Crippen molar-refractivity contribution in [3.05, 3.63) is 52.5 Å². The Morgan fingerprint density at radius 2 is 2.19 bits per heavy atom. The first-order valence-electron chi connectivity index (χ1n) is 10.6. The van der Waals surface area contributed by atoms with Crippen LogP contribution in [0.2, 0.25) is 0 Å². The van der Waals surface area contributed by atoms with Crippen LogP contribution in [0.4, 0.5) is 15.0 Å². The largest absolute Gasteiger partial charge is 0.453 e. The number of hydrogen-bond donors (Lipinski definition) is 2. The fourth-order valence-electron chi connectivity index (χ4n) is 4.36. The van der Waals surface area contributed by atoms with E-state index < -0.39 is 6.09 Å². The summed E-state index contributed by atoms with van der Waals surface area (Å²) in [7, 11) is 1.35. The van der Waals surface area contributed by atoms with E-state index in [1.807, 2.05) is 12.1 Å². The van der Waals surface area contributed by atoms with E-state index >= 15 is 0 Å². The fourth-order valence-corrected chi connectivity index (χ4v) is 5.46. The van der Waals surface area contributed by atoms with Crippen molar-refractivity contribution in [2.24, 2.45) is 0 Å². The van der Waals surface area contributed by atoms with Crippen molar-refractivity contribution in [3.8, 4) is 10.7 Å². The first-order valence-corrected chi connectivity index (χ1v) is 11.4. The van der Waals surface area contributed by atoms with Gasteiger partial charge in [0.15, 0.2) is 0 Å². The fraction of sp³-hybridized carbons (Fsp3) is 0.409. The van der Waals surface area contributed by atoms with Crippen LogP contribution in [0.5, 0.6) is 0 Å². The number of amides is 1. The zero-order chi connectivity index (χ0) is 22.1. The molecule has 2 aliphatic carbocycles. The molecule has 0 bridgehead atoms. The van der Waals surface area contributed by atoms with Crippen LogP contribution in [-0.4, -0.2) is 39.9 Å². The Morgan fingerprint density at radius 1 is 1.31 bits per heavy atom. The second kappa shape index (κ2) is 8.42. The highest BCUT2D eigenvalue weighted by Crippen LogP contribution is 2.44. The standard InChI is InChI=1S/C22H23FN6O2S/c1-31-21(30)26-14-5-7-16-18(14)27-20(32-16)15-6-8-17(29-28-15)25-12-22(9-3-10-22)19-13(23)4-2-11-24-19/h2,4,6,8,11,14H,3,5,7,9-10,12H2,1H3,(H,25,29)(H,26,30). The number of ether oxygens (including phenoxy) is 1. The van der Waals surface area contributed by atoms with Crippen molar-refractivity contribution < 1.29 is 13.9 Å². The van der Waals surface area contributed by atoms with Gasteiger partial charge in [-0.1, -0.05) is 6.42 Å². The average Bonchev–Trinajstić information content (AvgIpc) is 3.36. The monoisotopic (exact) mass is 454 g/mol. The zero-order valence-corrected chi connectivity index (χ0v) is 18.4. The van der Waals surface area contributed by atoms with Crippen LogP contribution in [0.25, 0.3) is 10.7 Å². The Balaban J connectivity index is 1.27. The molecular formula is C22H23FN6O2S. The maximum Gasteiger partial charge on any atom is 0.407 e. The Bertz CT molecular complexity index is 1130. The summed E-state index contributed by atoms with van der Waals surface area (Å²) in [6, 6.07) is 6.68. The van der Waals surface area contributed by atoms with Gasteiger partial charge in [0.05, 0.1) is 24.5 Å². The number of anilines is 1. The van der Waals surface area contributed by atoms with Gasteiger partial charge in [-0.2, -0.15) is 0 Å². The zero-order valence-electron chi connectivity index (χ0n) is 17.6. The highest BCUT2D eigenvalue weighted by atomic mass is 32.1. The molecule has 0 aromatic carbocycles. The number of halogens is 1. The number of carbonyl (C=O) groups excluding carboxylic acids is 1. The molecule has 2 aliphatic rings. The van der Waals surface area contributed by atoms with Crippen molar-refractivity contribution in [3.63, 3.8) is 0 Å². The molecule has 0 spiro atoms. The predicted octanol–water partition coefficient (Wildman–Crippen LogP) is 4.01. The summed E-state index contributed by atoms with van der Waals surface area (Å²) >= 11 is 1.57. The number of nitrogens with zero attached hydrogens (tertiary/aromatic N) is 4. The summed E-state index contributed by atoms with van der Waals surface area (Å²) in [5.74, 6) is 0.373. The average molecular weight is 455 g/mol.